The number of aromatic nitrogens is 3. The number of nitrogens with zero attached hydrogens (tertiary/aromatic N) is 3. The minimum absolute atomic E-state index is 0.454. The Bertz CT molecular complexity index is 372. The standard InChI is InChI=1S/C12H19N3O2/c1-17-8-6-12-11(9-16)13-14-15(12)7-5-10-3-2-4-10/h9-10H,2-8H2,1H3. The van der Waals surface area contributed by atoms with Crippen LogP contribution in [0, 0.1) is 5.92 Å². The predicted molar refractivity (Wildman–Crippen MR) is 62.9 cm³/mol. The Morgan fingerprint density at radius 2 is 2.35 bits per heavy atom. The van der Waals surface area contributed by atoms with Gasteiger partial charge in [0.2, 0.25) is 0 Å². The molecule has 0 unspecified atom stereocenters. The minimum atomic E-state index is 0.454. The SMILES string of the molecule is COCCc1c(C=O)nnn1CCC1CCC1. The highest BCUT2D eigenvalue weighted by molar-refractivity contribution is 5.73. The topological polar surface area (TPSA) is 57.0 Å². The maximum atomic E-state index is 10.9. The number of aryl methyl sites for hydroxylation is 1. The summed E-state index contributed by atoms with van der Waals surface area (Å²) >= 11 is 0. The van der Waals surface area contributed by atoms with Gasteiger partial charge >= 0.3 is 0 Å². The number of ether oxygens (including phenoxy) is 1. The van der Waals surface area contributed by atoms with Crippen LogP contribution in [0.4, 0.5) is 0 Å². The van der Waals surface area contributed by atoms with E-state index in [-0.39, 0.29) is 0 Å². The molecule has 1 aliphatic rings. The summed E-state index contributed by atoms with van der Waals surface area (Å²) in [6, 6.07) is 0. The summed E-state index contributed by atoms with van der Waals surface area (Å²) in [5.41, 5.74) is 1.36. The number of hydrogen-bond donors (Lipinski definition) is 0. The van der Waals surface area contributed by atoms with Crippen LogP contribution >= 0.6 is 0 Å². The van der Waals surface area contributed by atoms with E-state index in [4.69, 9.17) is 4.74 Å². The molecule has 17 heavy (non-hydrogen) atoms. The molecule has 1 aromatic heterocycles. The second-order valence-corrected chi connectivity index (χ2v) is 4.59. The molecule has 94 valence electrons. The number of carbonyl (C=O) groups excluding carboxylic acids is 1. The first-order valence-corrected chi connectivity index (χ1v) is 6.21. The van der Waals surface area contributed by atoms with Gasteiger partial charge in [0.15, 0.2) is 6.29 Å². The summed E-state index contributed by atoms with van der Waals surface area (Å²) < 4.78 is 6.90. The van der Waals surface area contributed by atoms with Gasteiger partial charge in [-0.2, -0.15) is 0 Å². The lowest BCUT2D eigenvalue weighted by Gasteiger charge is -2.25. The van der Waals surface area contributed by atoms with Crippen molar-refractivity contribution >= 4 is 6.29 Å². The Morgan fingerprint density at radius 3 is 2.94 bits per heavy atom. The van der Waals surface area contributed by atoms with Crippen molar-refractivity contribution < 1.29 is 9.53 Å². The first-order chi connectivity index (χ1) is 8.35. The van der Waals surface area contributed by atoms with E-state index in [9.17, 15) is 4.79 Å². The molecule has 0 radical (unpaired) electrons. The van der Waals surface area contributed by atoms with Crippen molar-refractivity contribution in [1.29, 1.82) is 0 Å². The van der Waals surface area contributed by atoms with Gasteiger partial charge in [-0.1, -0.05) is 24.5 Å². The van der Waals surface area contributed by atoms with Crippen LogP contribution in [-0.2, 0) is 17.7 Å². The predicted octanol–water partition coefficient (Wildman–Crippen LogP) is 1.47. The molecular weight excluding hydrogens is 218 g/mol. The van der Waals surface area contributed by atoms with Crippen molar-refractivity contribution in [2.75, 3.05) is 13.7 Å². The van der Waals surface area contributed by atoms with E-state index < -0.39 is 0 Å². The maximum Gasteiger partial charge on any atom is 0.172 e. The number of aldehydes is 1. The van der Waals surface area contributed by atoms with E-state index in [2.05, 4.69) is 10.3 Å². The molecule has 5 heteroatoms. The highest BCUT2D eigenvalue weighted by Crippen LogP contribution is 2.29. The first-order valence-electron chi connectivity index (χ1n) is 6.21. The Hall–Kier alpha value is -1.23. The van der Waals surface area contributed by atoms with Crippen LogP contribution in [-0.4, -0.2) is 35.0 Å². The van der Waals surface area contributed by atoms with Crippen LogP contribution < -0.4 is 0 Å². The van der Waals surface area contributed by atoms with Gasteiger partial charge in [-0.3, -0.25) is 4.79 Å². The summed E-state index contributed by atoms with van der Waals surface area (Å²) in [5, 5.41) is 7.95. The lowest BCUT2D eigenvalue weighted by Crippen LogP contribution is -2.16. The summed E-state index contributed by atoms with van der Waals surface area (Å²) in [6.07, 6.45) is 6.64. The van der Waals surface area contributed by atoms with E-state index >= 15 is 0 Å². The van der Waals surface area contributed by atoms with Crippen molar-refractivity contribution in [2.45, 2.75) is 38.6 Å². The zero-order valence-electron chi connectivity index (χ0n) is 10.3. The summed E-state index contributed by atoms with van der Waals surface area (Å²) in [5.74, 6) is 0.842. The highest BCUT2D eigenvalue weighted by Gasteiger charge is 2.18. The molecule has 0 saturated heterocycles. The molecule has 0 amide bonds. The molecule has 0 N–H and O–H groups in total. The number of hydrogen-bond acceptors (Lipinski definition) is 4. The largest absolute Gasteiger partial charge is 0.384 e. The van der Waals surface area contributed by atoms with Crippen LogP contribution in [0.15, 0.2) is 0 Å². The van der Waals surface area contributed by atoms with Crippen LogP contribution in [0.5, 0.6) is 0 Å². The van der Waals surface area contributed by atoms with Crippen molar-refractivity contribution in [1.82, 2.24) is 15.0 Å². The van der Waals surface area contributed by atoms with Gasteiger partial charge in [-0.05, 0) is 12.3 Å². The van der Waals surface area contributed by atoms with Crippen molar-refractivity contribution in [3.05, 3.63) is 11.4 Å². The third-order valence-corrected chi connectivity index (χ3v) is 3.50. The molecule has 1 heterocycles. The van der Waals surface area contributed by atoms with E-state index in [1.54, 1.807) is 7.11 Å². The Labute approximate surface area is 101 Å². The number of carbonyl (C=O) groups is 1. The molecule has 0 atom stereocenters. The van der Waals surface area contributed by atoms with Gasteiger partial charge in [0.25, 0.3) is 0 Å². The Morgan fingerprint density at radius 1 is 1.53 bits per heavy atom. The van der Waals surface area contributed by atoms with Gasteiger partial charge < -0.3 is 4.74 Å². The van der Waals surface area contributed by atoms with E-state index in [1.165, 1.54) is 19.3 Å². The zero-order chi connectivity index (χ0) is 12.1. The Balaban J connectivity index is 1.97. The summed E-state index contributed by atoms with van der Waals surface area (Å²) in [7, 11) is 1.66. The fraction of sp³-hybridized carbons (Fsp3) is 0.750. The van der Waals surface area contributed by atoms with Crippen LogP contribution in [0.3, 0.4) is 0 Å². The molecule has 2 rings (SSSR count). The van der Waals surface area contributed by atoms with Crippen LogP contribution in [0.1, 0.15) is 41.9 Å². The average molecular weight is 237 g/mol. The molecule has 1 fully saturated rings. The fourth-order valence-corrected chi connectivity index (χ4v) is 2.16. The van der Waals surface area contributed by atoms with Crippen molar-refractivity contribution in [2.24, 2.45) is 5.92 Å². The molecular formula is C12H19N3O2. The second-order valence-electron chi connectivity index (χ2n) is 4.59. The van der Waals surface area contributed by atoms with Gasteiger partial charge in [-0.15, -0.1) is 5.10 Å². The lowest BCUT2D eigenvalue weighted by atomic mass is 9.83. The minimum Gasteiger partial charge on any atom is -0.384 e. The third-order valence-electron chi connectivity index (χ3n) is 3.50. The molecule has 1 aromatic rings. The quantitative estimate of drug-likeness (QED) is 0.674. The lowest BCUT2D eigenvalue weighted by molar-refractivity contribution is 0.111. The van der Waals surface area contributed by atoms with E-state index in [0.717, 1.165) is 30.9 Å². The Kier molecular flexibility index (Phi) is 4.25. The molecule has 1 saturated carbocycles. The van der Waals surface area contributed by atoms with E-state index in [1.807, 2.05) is 4.68 Å². The fourth-order valence-electron chi connectivity index (χ4n) is 2.16. The van der Waals surface area contributed by atoms with Gasteiger partial charge in [0.05, 0.1) is 12.3 Å². The molecule has 5 nitrogen and oxygen atoms in total. The molecule has 0 bridgehead atoms. The number of methoxy groups -OCH3 is 1. The van der Waals surface area contributed by atoms with Gasteiger partial charge in [0, 0.05) is 20.1 Å². The summed E-state index contributed by atoms with van der Waals surface area (Å²) in [6.45, 7) is 1.46. The van der Waals surface area contributed by atoms with Gasteiger partial charge in [-0.25, -0.2) is 4.68 Å². The van der Waals surface area contributed by atoms with E-state index in [0.29, 0.717) is 18.7 Å². The van der Waals surface area contributed by atoms with Crippen LogP contribution in [0.25, 0.3) is 0 Å². The zero-order valence-corrected chi connectivity index (χ0v) is 10.3. The second kappa shape index (κ2) is 5.91. The van der Waals surface area contributed by atoms with Crippen molar-refractivity contribution in [3.63, 3.8) is 0 Å². The number of rotatable bonds is 7. The van der Waals surface area contributed by atoms with Gasteiger partial charge in [0.1, 0.15) is 5.69 Å². The van der Waals surface area contributed by atoms with Crippen molar-refractivity contribution in [3.8, 4) is 0 Å². The molecule has 0 spiro atoms. The molecule has 0 aliphatic heterocycles. The maximum absolute atomic E-state index is 10.9. The average Bonchev–Trinajstić information content (AvgIpc) is 2.66. The molecule has 1 aliphatic carbocycles. The first kappa shape index (κ1) is 12.2. The monoisotopic (exact) mass is 237 g/mol. The third kappa shape index (κ3) is 2.91. The highest BCUT2D eigenvalue weighted by atomic mass is 16.5. The summed E-state index contributed by atoms with van der Waals surface area (Å²) in [4.78, 5) is 10.9. The molecule has 0 aromatic carbocycles. The normalized spacial score (nSPS) is 15.8. The van der Waals surface area contributed by atoms with Crippen LogP contribution in [0.2, 0.25) is 0 Å². The smallest absolute Gasteiger partial charge is 0.172 e.